The Morgan fingerprint density at radius 2 is 1.66 bits per heavy atom. The van der Waals surface area contributed by atoms with Gasteiger partial charge in [0, 0.05) is 29.7 Å². The lowest BCUT2D eigenvalue weighted by Gasteiger charge is -2.23. The zero-order chi connectivity index (χ0) is 22.8. The molecule has 0 bridgehead atoms. The second-order valence-electron chi connectivity index (χ2n) is 8.17. The monoisotopic (exact) mass is 438 g/mol. The number of hydrogen-bond acceptors (Lipinski definition) is 4. The second kappa shape index (κ2) is 9.04. The number of imidazole rings is 1. The predicted octanol–water partition coefficient (Wildman–Crippen LogP) is 5.16. The van der Waals surface area contributed by atoms with Crippen LogP contribution >= 0.6 is 0 Å². The number of hydrogen-bond donors (Lipinski definition) is 1. The van der Waals surface area contributed by atoms with Crippen LogP contribution in [0.2, 0.25) is 0 Å². The largest absolute Gasteiger partial charge is 0.458 e. The molecule has 1 aliphatic heterocycles. The zero-order valence-electron chi connectivity index (χ0n) is 17.8. The average Bonchev–Trinajstić information content (AvgIpc) is 3.12. The van der Waals surface area contributed by atoms with Gasteiger partial charge in [-0.05, 0) is 54.6 Å². The molecule has 166 valence electrons. The Labute approximate surface area is 185 Å². The van der Waals surface area contributed by atoms with Crippen LogP contribution in [0.3, 0.4) is 0 Å². The fraction of sp³-hybridized carbons (Fsp3) is 0.280. The van der Waals surface area contributed by atoms with Crippen LogP contribution in [-0.4, -0.2) is 32.8 Å². The lowest BCUT2D eigenvalue weighted by atomic mass is 10.0. The number of benzene rings is 2. The van der Waals surface area contributed by atoms with Crippen molar-refractivity contribution < 1.29 is 23.4 Å². The van der Waals surface area contributed by atoms with Gasteiger partial charge in [-0.25, -0.2) is 13.8 Å². The highest BCUT2D eigenvalue weighted by molar-refractivity contribution is 5.81. The van der Waals surface area contributed by atoms with Crippen molar-refractivity contribution in [3.8, 4) is 22.5 Å². The highest BCUT2D eigenvalue weighted by Crippen LogP contribution is 2.35. The van der Waals surface area contributed by atoms with Crippen LogP contribution in [0.5, 0.6) is 0 Å². The van der Waals surface area contributed by atoms with Crippen molar-refractivity contribution in [1.29, 1.82) is 0 Å². The molecule has 2 heterocycles. The lowest BCUT2D eigenvalue weighted by Crippen LogP contribution is -2.31. The minimum Gasteiger partial charge on any atom is -0.458 e. The van der Waals surface area contributed by atoms with Crippen LogP contribution < -0.4 is 0 Å². The lowest BCUT2D eigenvalue weighted by molar-refractivity contribution is -0.156. The summed E-state index contributed by atoms with van der Waals surface area (Å²) < 4.78 is 34.4. The first-order valence-corrected chi connectivity index (χ1v) is 10.5. The molecule has 1 aliphatic rings. The van der Waals surface area contributed by atoms with Crippen molar-refractivity contribution in [2.75, 3.05) is 0 Å². The maximum absolute atomic E-state index is 13.6. The molecule has 2 aromatic carbocycles. The van der Waals surface area contributed by atoms with Crippen LogP contribution in [0.25, 0.3) is 28.7 Å². The molecular weight excluding hydrogens is 414 g/mol. The van der Waals surface area contributed by atoms with E-state index in [0.29, 0.717) is 17.8 Å². The van der Waals surface area contributed by atoms with Crippen molar-refractivity contribution in [3.05, 3.63) is 72.1 Å². The number of cyclic esters (lactones) is 1. The van der Waals surface area contributed by atoms with Crippen LogP contribution in [0, 0.1) is 11.6 Å². The minimum atomic E-state index is -0.746. The molecule has 0 saturated carbocycles. The van der Waals surface area contributed by atoms with Gasteiger partial charge >= 0.3 is 5.97 Å². The van der Waals surface area contributed by atoms with E-state index in [0.717, 1.165) is 17.0 Å². The minimum absolute atomic E-state index is 0.0117. The normalized spacial score (nSPS) is 19.0. The number of ether oxygens (including phenoxy) is 1. The Hall–Kier alpha value is -3.32. The number of carbonyl (C=O) groups is 1. The number of aliphatic hydroxyl groups is 1. The van der Waals surface area contributed by atoms with Crippen molar-refractivity contribution in [3.63, 3.8) is 0 Å². The summed E-state index contributed by atoms with van der Waals surface area (Å²) in [5.74, 6) is -0.377. The van der Waals surface area contributed by atoms with Crippen LogP contribution in [0.4, 0.5) is 8.78 Å². The van der Waals surface area contributed by atoms with Gasteiger partial charge in [0.05, 0.1) is 23.9 Å². The van der Waals surface area contributed by atoms with E-state index in [1.54, 1.807) is 36.5 Å². The zero-order valence-corrected chi connectivity index (χ0v) is 17.8. The smallest absolute Gasteiger partial charge is 0.309 e. The van der Waals surface area contributed by atoms with Gasteiger partial charge in [-0.3, -0.25) is 4.79 Å². The van der Waals surface area contributed by atoms with Gasteiger partial charge in [-0.15, -0.1) is 0 Å². The maximum Gasteiger partial charge on any atom is 0.309 e. The summed E-state index contributed by atoms with van der Waals surface area (Å²) in [4.78, 5) is 16.5. The number of halogens is 2. The third-order valence-corrected chi connectivity index (χ3v) is 5.33. The van der Waals surface area contributed by atoms with Gasteiger partial charge in [0.15, 0.2) is 0 Å². The topological polar surface area (TPSA) is 64.3 Å². The summed E-state index contributed by atoms with van der Waals surface area (Å²) in [6, 6.07) is 12.1. The number of rotatable bonds is 5. The molecule has 1 fully saturated rings. The average molecular weight is 438 g/mol. The summed E-state index contributed by atoms with van der Waals surface area (Å²) in [5.41, 5.74) is 2.79. The van der Waals surface area contributed by atoms with E-state index in [4.69, 9.17) is 9.72 Å². The fourth-order valence-electron chi connectivity index (χ4n) is 3.81. The van der Waals surface area contributed by atoms with E-state index in [1.807, 2.05) is 18.4 Å². The molecule has 2 unspecified atom stereocenters. The molecule has 1 N–H and O–H groups in total. The first kappa shape index (κ1) is 21.9. The van der Waals surface area contributed by atoms with Crippen LogP contribution in [0.1, 0.15) is 38.4 Å². The van der Waals surface area contributed by atoms with Crippen LogP contribution in [0.15, 0.2) is 54.6 Å². The Balaban J connectivity index is 1.86. The molecule has 0 radical (unpaired) electrons. The molecule has 4 rings (SSSR count). The van der Waals surface area contributed by atoms with Gasteiger partial charge in [-0.2, -0.15) is 0 Å². The highest BCUT2D eigenvalue weighted by Gasteiger charge is 2.26. The van der Waals surface area contributed by atoms with Crippen molar-refractivity contribution in [1.82, 2.24) is 9.55 Å². The summed E-state index contributed by atoms with van der Waals surface area (Å²) in [6.45, 7) is 4.00. The standard InChI is InChI=1S/C25H24F2N2O3/c1-15(2)25-28-23(16-3-7-18(26)8-4-16)24(17-5-9-19(27)10-6-17)29(25)12-11-21-13-20(30)14-22(31)32-21/h3-12,15,20-21,30H,13-14H2,1-2H3. The van der Waals surface area contributed by atoms with Gasteiger partial charge in [0.1, 0.15) is 23.6 Å². The van der Waals surface area contributed by atoms with Gasteiger partial charge in [0.2, 0.25) is 0 Å². The molecule has 2 atom stereocenters. The Bertz CT molecular complexity index is 1140. The summed E-state index contributed by atoms with van der Waals surface area (Å²) >= 11 is 0. The summed E-state index contributed by atoms with van der Waals surface area (Å²) in [7, 11) is 0. The maximum atomic E-state index is 13.6. The van der Waals surface area contributed by atoms with Crippen molar-refractivity contribution in [2.24, 2.45) is 0 Å². The molecule has 32 heavy (non-hydrogen) atoms. The number of aromatic nitrogens is 2. The Morgan fingerprint density at radius 3 is 2.22 bits per heavy atom. The first-order valence-electron chi connectivity index (χ1n) is 10.5. The molecule has 3 aromatic rings. The number of nitrogens with zero attached hydrogens (tertiary/aromatic N) is 2. The third-order valence-electron chi connectivity index (χ3n) is 5.33. The van der Waals surface area contributed by atoms with E-state index >= 15 is 0 Å². The quantitative estimate of drug-likeness (QED) is 0.559. The first-order chi connectivity index (χ1) is 15.3. The molecule has 1 saturated heterocycles. The van der Waals surface area contributed by atoms with Crippen molar-refractivity contribution in [2.45, 2.75) is 44.8 Å². The van der Waals surface area contributed by atoms with Crippen LogP contribution in [-0.2, 0) is 9.53 Å². The molecule has 1 aromatic heterocycles. The third kappa shape index (κ3) is 4.62. The number of carbonyl (C=O) groups excluding carboxylic acids is 1. The summed E-state index contributed by atoms with van der Waals surface area (Å²) in [5, 5.41) is 9.90. The predicted molar refractivity (Wildman–Crippen MR) is 118 cm³/mol. The van der Waals surface area contributed by atoms with E-state index < -0.39 is 18.2 Å². The van der Waals surface area contributed by atoms with E-state index in [1.165, 1.54) is 24.3 Å². The molecule has 7 heteroatoms. The molecular formula is C25H24F2N2O3. The molecule has 0 amide bonds. The van der Waals surface area contributed by atoms with Crippen molar-refractivity contribution >= 4 is 12.2 Å². The Morgan fingerprint density at radius 1 is 1.06 bits per heavy atom. The van der Waals surface area contributed by atoms with E-state index in [9.17, 15) is 18.7 Å². The summed E-state index contributed by atoms with van der Waals surface area (Å²) in [6.07, 6.45) is 2.47. The highest BCUT2D eigenvalue weighted by atomic mass is 19.1. The Kier molecular flexibility index (Phi) is 6.19. The molecule has 0 aliphatic carbocycles. The van der Waals surface area contributed by atoms with Gasteiger partial charge < -0.3 is 14.4 Å². The molecule has 5 nitrogen and oxygen atoms in total. The van der Waals surface area contributed by atoms with E-state index in [2.05, 4.69) is 0 Å². The number of esters is 1. The SMILES string of the molecule is CC(C)c1nc(-c2ccc(F)cc2)c(-c2ccc(F)cc2)n1C=CC1CC(O)CC(=O)O1. The number of aliphatic hydroxyl groups excluding tert-OH is 1. The second-order valence-corrected chi connectivity index (χ2v) is 8.17. The van der Waals surface area contributed by atoms with E-state index in [-0.39, 0.29) is 24.0 Å². The van der Waals surface area contributed by atoms with Gasteiger partial charge in [-0.1, -0.05) is 13.8 Å². The molecule has 0 spiro atoms. The fourth-order valence-corrected chi connectivity index (χ4v) is 3.81. The van der Waals surface area contributed by atoms with Gasteiger partial charge in [0.25, 0.3) is 0 Å².